The number of aromatic nitrogens is 3. The topological polar surface area (TPSA) is 50.9 Å². The molecule has 0 aliphatic rings. The fourth-order valence-corrected chi connectivity index (χ4v) is 0.724. The highest BCUT2D eigenvalue weighted by Crippen LogP contribution is 1.88. The molecular weight excluding hydrogens is 154 g/mol. The zero-order chi connectivity index (χ0) is 8.81. The molecule has 0 bridgehead atoms. The van der Waals surface area contributed by atoms with E-state index in [-0.39, 0.29) is 6.61 Å². The SMILES string of the molecule is Cn1ncc(C#CCCCO)n1. The van der Waals surface area contributed by atoms with Crippen LogP contribution in [0.25, 0.3) is 0 Å². The Hall–Kier alpha value is -1.34. The first-order chi connectivity index (χ1) is 5.83. The van der Waals surface area contributed by atoms with Crippen LogP contribution in [0.5, 0.6) is 0 Å². The maximum absolute atomic E-state index is 8.47. The highest BCUT2D eigenvalue weighted by Gasteiger charge is 1.89. The summed E-state index contributed by atoms with van der Waals surface area (Å²) in [7, 11) is 1.75. The Morgan fingerprint density at radius 2 is 2.50 bits per heavy atom. The molecule has 4 heteroatoms. The Kier molecular flexibility index (Phi) is 3.30. The van der Waals surface area contributed by atoms with E-state index in [1.54, 1.807) is 13.2 Å². The summed E-state index contributed by atoms with van der Waals surface area (Å²) < 4.78 is 0. The maximum atomic E-state index is 8.47. The Bertz CT molecular complexity index is 295. The van der Waals surface area contributed by atoms with Crippen LogP contribution in [0.1, 0.15) is 18.5 Å². The Morgan fingerprint density at radius 3 is 3.08 bits per heavy atom. The van der Waals surface area contributed by atoms with E-state index in [1.807, 2.05) is 0 Å². The largest absolute Gasteiger partial charge is 0.396 e. The minimum Gasteiger partial charge on any atom is -0.396 e. The Labute approximate surface area is 71.2 Å². The second-order valence-electron chi connectivity index (χ2n) is 2.35. The van der Waals surface area contributed by atoms with Crippen LogP contribution in [0.3, 0.4) is 0 Å². The van der Waals surface area contributed by atoms with E-state index in [0.29, 0.717) is 18.5 Å². The molecule has 0 aliphatic carbocycles. The number of aliphatic hydroxyl groups excluding tert-OH is 1. The van der Waals surface area contributed by atoms with Gasteiger partial charge in [-0.25, -0.2) is 0 Å². The number of unbranched alkanes of at least 4 members (excludes halogenated alkanes) is 1. The summed E-state index contributed by atoms with van der Waals surface area (Å²) in [6.45, 7) is 0.190. The highest BCUT2D eigenvalue weighted by atomic mass is 16.2. The predicted molar refractivity (Wildman–Crippen MR) is 44.2 cm³/mol. The highest BCUT2D eigenvalue weighted by molar-refractivity contribution is 5.23. The van der Waals surface area contributed by atoms with Gasteiger partial charge in [0.1, 0.15) is 0 Å². The van der Waals surface area contributed by atoms with E-state index in [9.17, 15) is 0 Å². The van der Waals surface area contributed by atoms with Gasteiger partial charge in [-0.3, -0.25) is 0 Å². The van der Waals surface area contributed by atoms with Gasteiger partial charge in [0.15, 0.2) is 5.69 Å². The average molecular weight is 165 g/mol. The lowest BCUT2D eigenvalue weighted by Gasteiger charge is -1.82. The van der Waals surface area contributed by atoms with Crippen molar-refractivity contribution in [3.8, 4) is 11.8 Å². The second-order valence-corrected chi connectivity index (χ2v) is 2.35. The van der Waals surface area contributed by atoms with Crippen molar-refractivity contribution in [2.45, 2.75) is 12.8 Å². The van der Waals surface area contributed by atoms with Crippen molar-refractivity contribution < 1.29 is 5.11 Å². The summed E-state index contributed by atoms with van der Waals surface area (Å²) in [5.41, 5.74) is 0.676. The van der Waals surface area contributed by atoms with Crippen LogP contribution in [0.15, 0.2) is 6.20 Å². The number of hydrogen-bond acceptors (Lipinski definition) is 3. The number of nitrogens with zero attached hydrogens (tertiary/aromatic N) is 3. The Morgan fingerprint density at radius 1 is 1.67 bits per heavy atom. The molecule has 1 aromatic rings. The molecule has 1 heterocycles. The summed E-state index contributed by atoms with van der Waals surface area (Å²) in [5.74, 6) is 5.73. The van der Waals surface area contributed by atoms with E-state index >= 15 is 0 Å². The third kappa shape index (κ3) is 2.72. The lowest BCUT2D eigenvalue weighted by molar-refractivity contribution is 0.290. The molecule has 0 spiro atoms. The van der Waals surface area contributed by atoms with Crippen LogP contribution in [-0.4, -0.2) is 26.7 Å². The van der Waals surface area contributed by atoms with E-state index < -0.39 is 0 Å². The lowest BCUT2D eigenvalue weighted by Crippen LogP contribution is -1.91. The molecule has 0 saturated heterocycles. The molecule has 1 aromatic heterocycles. The van der Waals surface area contributed by atoms with Gasteiger partial charge in [-0.15, -0.1) is 5.10 Å². The molecule has 1 rings (SSSR count). The van der Waals surface area contributed by atoms with Crippen LogP contribution in [0, 0.1) is 11.8 Å². The first-order valence-corrected chi connectivity index (χ1v) is 3.79. The van der Waals surface area contributed by atoms with Crippen molar-refractivity contribution in [2.75, 3.05) is 6.61 Å². The van der Waals surface area contributed by atoms with Crippen molar-refractivity contribution in [1.29, 1.82) is 0 Å². The first-order valence-electron chi connectivity index (χ1n) is 3.79. The average Bonchev–Trinajstić information content (AvgIpc) is 2.45. The fourth-order valence-electron chi connectivity index (χ4n) is 0.724. The monoisotopic (exact) mass is 165 g/mol. The van der Waals surface area contributed by atoms with E-state index in [2.05, 4.69) is 22.0 Å². The van der Waals surface area contributed by atoms with Crippen molar-refractivity contribution >= 4 is 0 Å². The molecule has 64 valence electrons. The van der Waals surface area contributed by atoms with Crippen LogP contribution in [0.2, 0.25) is 0 Å². The number of aryl methyl sites for hydroxylation is 1. The molecule has 0 unspecified atom stereocenters. The summed E-state index contributed by atoms with van der Waals surface area (Å²) in [5, 5.41) is 16.3. The zero-order valence-electron chi connectivity index (χ0n) is 6.99. The van der Waals surface area contributed by atoms with E-state index in [0.717, 1.165) is 0 Å². The molecule has 0 atom stereocenters. The lowest BCUT2D eigenvalue weighted by atomic mass is 10.3. The van der Waals surface area contributed by atoms with Gasteiger partial charge in [0, 0.05) is 20.1 Å². The quantitative estimate of drug-likeness (QED) is 0.493. The zero-order valence-corrected chi connectivity index (χ0v) is 6.99. The number of hydrogen-bond donors (Lipinski definition) is 1. The third-order valence-electron chi connectivity index (χ3n) is 1.28. The molecule has 0 amide bonds. The van der Waals surface area contributed by atoms with Crippen LogP contribution < -0.4 is 0 Å². The van der Waals surface area contributed by atoms with E-state index in [1.165, 1.54) is 4.80 Å². The molecule has 4 nitrogen and oxygen atoms in total. The predicted octanol–water partition coefficient (Wildman–Crippen LogP) is -0.0609. The van der Waals surface area contributed by atoms with Gasteiger partial charge in [-0.2, -0.15) is 9.90 Å². The Balaban J connectivity index is 2.43. The van der Waals surface area contributed by atoms with Gasteiger partial charge in [-0.05, 0) is 12.3 Å². The van der Waals surface area contributed by atoms with Gasteiger partial charge >= 0.3 is 0 Å². The molecule has 0 saturated carbocycles. The second kappa shape index (κ2) is 4.52. The van der Waals surface area contributed by atoms with Crippen LogP contribution >= 0.6 is 0 Å². The minimum atomic E-state index is 0.190. The molecule has 0 fully saturated rings. The molecule has 1 N–H and O–H groups in total. The molecule has 12 heavy (non-hydrogen) atoms. The minimum absolute atomic E-state index is 0.190. The molecule has 0 radical (unpaired) electrons. The fraction of sp³-hybridized carbons (Fsp3) is 0.500. The van der Waals surface area contributed by atoms with Gasteiger partial charge in [0.25, 0.3) is 0 Å². The van der Waals surface area contributed by atoms with Crippen LogP contribution in [0.4, 0.5) is 0 Å². The molecular formula is C8H11N3O. The van der Waals surface area contributed by atoms with Gasteiger partial charge in [0.2, 0.25) is 0 Å². The van der Waals surface area contributed by atoms with Crippen molar-refractivity contribution in [1.82, 2.24) is 15.0 Å². The molecule has 0 aromatic carbocycles. The van der Waals surface area contributed by atoms with Crippen molar-refractivity contribution in [3.63, 3.8) is 0 Å². The summed E-state index contributed by atoms with van der Waals surface area (Å²) in [4.78, 5) is 1.47. The summed E-state index contributed by atoms with van der Waals surface area (Å²) >= 11 is 0. The standard InChI is InChI=1S/C8H11N3O/c1-11-9-7-8(10-11)5-3-2-4-6-12/h7,12H,2,4,6H2,1H3. The van der Waals surface area contributed by atoms with E-state index in [4.69, 9.17) is 5.11 Å². The smallest absolute Gasteiger partial charge is 0.155 e. The van der Waals surface area contributed by atoms with Crippen molar-refractivity contribution in [3.05, 3.63) is 11.9 Å². The first kappa shape index (κ1) is 8.75. The normalized spacial score (nSPS) is 9.17. The number of rotatable bonds is 2. The summed E-state index contributed by atoms with van der Waals surface area (Å²) in [6, 6.07) is 0. The van der Waals surface area contributed by atoms with Crippen LogP contribution in [-0.2, 0) is 7.05 Å². The summed E-state index contributed by atoms with van der Waals surface area (Å²) in [6.07, 6.45) is 3.03. The maximum Gasteiger partial charge on any atom is 0.155 e. The van der Waals surface area contributed by atoms with Gasteiger partial charge in [0.05, 0.1) is 6.20 Å². The molecule has 0 aliphatic heterocycles. The number of aliphatic hydroxyl groups is 1. The third-order valence-corrected chi connectivity index (χ3v) is 1.28. The van der Waals surface area contributed by atoms with Gasteiger partial charge in [-0.1, -0.05) is 5.92 Å². The van der Waals surface area contributed by atoms with Crippen molar-refractivity contribution in [2.24, 2.45) is 7.05 Å². The van der Waals surface area contributed by atoms with Gasteiger partial charge < -0.3 is 5.11 Å².